The lowest BCUT2D eigenvalue weighted by molar-refractivity contribution is -0.121. The highest BCUT2D eigenvalue weighted by atomic mass is 16.5. The molecule has 4 rings (SSSR count). The molecular weight excluding hydrogens is 374 g/mol. The summed E-state index contributed by atoms with van der Waals surface area (Å²) in [5.74, 6) is 0.803. The molecule has 0 saturated heterocycles. The van der Waals surface area contributed by atoms with Crippen LogP contribution in [0.5, 0.6) is 5.75 Å². The minimum Gasteiger partial charge on any atom is -0.494 e. The lowest BCUT2D eigenvalue weighted by Crippen LogP contribution is -2.43. The van der Waals surface area contributed by atoms with Gasteiger partial charge in [0, 0.05) is 35.7 Å². The predicted octanol–water partition coefficient (Wildman–Crippen LogP) is 5.56. The van der Waals surface area contributed by atoms with Crippen LogP contribution in [0.2, 0.25) is 0 Å². The Labute approximate surface area is 178 Å². The fraction of sp³-hybridized carbons (Fsp3) is 0.385. The van der Waals surface area contributed by atoms with Crippen molar-refractivity contribution < 1.29 is 14.3 Å². The van der Waals surface area contributed by atoms with Crippen LogP contribution in [-0.2, 0) is 9.59 Å². The van der Waals surface area contributed by atoms with Gasteiger partial charge in [-0.25, -0.2) is 0 Å². The van der Waals surface area contributed by atoms with E-state index in [0.29, 0.717) is 25.9 Å². The molecule has 2 aliphatic rings. The highest BCUT2D eigenvalue weighted by molar-refractivity contribution is 6.07. The molecule has 0 aromatic heterocycles. The second-order valence-electron chi connectivity index (χ2n) is 9.13. The van der Waals surface area contributed by atoms with Crippen molar-refractivity contribution in [1.29, 1.82) is 0 Å². The first-order valence-corrected chi connectivity index (χ1v) is 10.7. The van der Waals surface area contributed by atoms with Crippen LogP contribution in [0.3, 0.4) is 0 Å². The van der Waals surface area contributed by atoms with Crippen LogP contribution < -0.4 is 9.64 Å². The summed E-state index contributed by atoms with van der Waals surface area (Å²) in [6.07, 6.45) is 1.52. The van der Waals surface area contributed by atoms with E-state index in [2.05, 4.69) is 13.8 Å². The summed E-state index contributed by atoms with van der Waals surface area (Å²) in [4.78, 5) is 28.5. The van der Waals surface area contributed by atoms with Crippen molar-refractivity contribution >= 4 is 17.4 Å². The third-order valence-electron chi connectivity index (χ3n) is 6.00. The molecule has 0 fully saturated rings. The van der Waals surface area contributed by atoms with E-state index in [0.717, 1.165) is 33.8 Å². The number of Topliss-reactive ketones (excluding diaryl/α,β-unsaturated/α-hetero) is 1. The zero-order valence-electron chi connectivity index (χ0n) is 18.2. The molecule has 1 amide bonds. The van der Waals surface area contributed by atoms with Gasteiger partial charge in [0.15, 0.2) is 5.78 Å². The number of carbonyl (C=O) groups excluding carboxylic acids is 2. The van der Waals surface area contributed by atoms with Gasteiger partial charge in [0.2, 0.25) is 5.91 Å². The molecule has 156 valence electrons. The number of hydrogen-bond acceptors (Lipinski definition) is 3. The van der Waals surface area contributed by atoms with Crippen molar-refractivity contribution in [3.63, 3.8) is 0 Å². The highest BCUT2D eigenvalue weighted by Crippen LogP contribution is 2.48. The summed E-state index contributed by atoms with van der Waals surface area (Å²) in [7, 11) is 0. The maximum Gasteiger partial charge on any atom is 0.232 e. The van der Waals surface area contributed by atoms with E-state index in [9.17, 15) is 9.59 Å². The van der Waals surface area contributed by atoms with Gasteiger partial charge >= 0.3 is 0 Å². The van der Waals surface area contributed by atoms with Crippen LogP contribution in [0.1, 0.15) is 57.1 Å². The first-order valence-electron chi connectivity index (χ1n) is 10.7. The average molecular weight is 404 g/mol. The van der Waals surface area contributed by atoms with Crippen LogP contribution in [0.4, 0.5) is 5.69 Å². The van der Waals surface area contributed by atoms with Crippen molar-refractivity contribution in [3.8, 4) is 5.75 Å². The van der Waals surface area contributed by atoms with E-state index >= 15 is 0 Å². The number of benzene rings is 2. The van der Waals surface area contributed by atoms with E-state index < -0.39 is 0 Å². The molecule has 4 heteroatoms. The lowest BCUT2D eigenvalue weighted by atomic mass is 9.69. The number of nitrogens with zero attached hydrogens (tertiary/aromatic N) is 1. The van der Waals surface area contributed by atoms with Gasteiger partial charge in [-0.1, -0.05) is 38.1 Å². The van der Waals surface area contributed by atoms with Crippen LogP contribution in [-0.4, -0.2) is 18.3 Å². The van der Waals surface area contributed by atoms with Gasteiger partial charge in [-0.15, -0.1) is 0 Å². The molecule has 0 spiro atoms. The highest BCUT2D eigenvalue weighted by Gasteiger charge is 2.44. The van der Waals surface area contributed by atoms with E-state index in [-0.39, 0.29) is 23.0 Å². The van der Waals surface area contributed by atoms with E-state index in [4.69, 9.17) is 4.74 Å². The van der Waals surface area contributed by atoms with Crippen molar-refractivity contribution in [3.05, 3.63) is 70.9 Å². The van der Waals surface area contributed by atoms with Crippen LogP contribution >= 0.6 is 0 Å². The number of hydrogen-bond donors (Lipinski definition) is 0. The largest absolute Gasteiger partial charge is 0.494 e. The average Bonchev–Trinajstić information content (AvgIpc) is 2.67. The zero-order chi connectivity index (χ0) is 21.5. The van der Waals surface area contributed by atoms with Crippen LogP contribution in [0.15, 0.2) is 59.8 Å². The molecule has 0 radical (unpaired) electrons. The van der Waals surface area contributed by atoms with Crippen LogP contribution in [0, 0.1) is 12.3 Å². The maximum absolute atomic E-state index is 13.4. The van der Waals surface area contributed by atoms with Crippen molar-refractivity contribution in [2.24, 2.45) is 5.41 Å². The molecule has 30 heavy (non-hydrogen) atoms. The summed E-state index contributed by atoms with van der Waals surface area (Å²) < 4.78 is 5.56. The van der Waals surface area contributed by atoms with Gasteiger partial charge in [0.25, 0.3) is 0 Å². The first kappa shape index (κ1) is 20.4. The second kappa shape index (κ2) is 7.75. The normalized spacial score (nSPS) is 20.9. The summed E-state index contributed by atoms with van der Waals surface area (Å²) in [6, 6.07) is 15.8. The fourth-order valence-corrected chi connectivity index (χ4v) is 4.73. The Balaban J connectivity index is 1.83. The third kappa shape index (κ3) is 3.79. The number of carbonyl (C=O) groups is 2. The molecule has 0 bridgehead atoms. The third-order valence-corrected chi connectivity index (χ3v) is 6.00. The number of aryl methyl sites for hydroxylation is 1. The van der Waals surface area contributed by atoms with Gasteiger partial charge < -0.3 is 4.74 Å². The van der Waals surface area contributed by atoms with Crippen molar-refractivity contribution in [2.45, 2.75) is 52.9 Å². The topological polar surface area (TPSA) is 46.6 Å². The number of rotatable bonds is 4. The summed E-state index contributed by atoms with van der Waals surface area (Å²) in [6.45, 7) is 8.79. The molecule has 1 aliphatic carbocycles. The van der Waals surface area contributed by atoms with Gasteiger partial charge in [0.05, 0.1) is 6.61 Å². The number of allylic oxidation sites excluding steroid dienone is 2. The second-order valence-corrected chi connectivity index (χ2v) is 9.13. The Morgan fingerprint density at radius 1 is 1.07 bits per heavy atom. The first-order chi connectivity index (χ1) is 14.3. The smallest absolute Gasteiger partial charge is 0.232 e. The van der Waals surface area contributed by atoms with Gasteiger partial charge in [-0.05, 0) is 61.1 Å². The Bertz CT molecular complexity index is 1020. The summed E-state index contributed by atoms with van der Waals surface area (Å²) in [5.41, 5.74) is 4.45. The summed E-state index contributed by atoms with van der Waals surface area (Å²) in [5, 5.41) is 0. The molecule has 1 atom stereocenters. The molecule has 0 N–H and O–H groups in total. The Morgan fingerprint density at radius 2 is 1.80 bits per heavy atom. The quantitative estimate of drug-likeness (QED) is 0.672. The Hall–Kier alpha value is -2.88. The fourth-order valence-electron chi connectivity index (χ4n) is 4.73. The Kier molecular flexibility index (Phi) is 5.27. The van der Waals surface area contributed by atoms with E-state index in [1.165, 1.54) is 0 Å². The standard InChI is InChI=1S/C26H29NO3/c1-5-30-20-11-9-18(10-12-20)21-14-24(29)27(19-8-6-7-17(2)13-19)22-15-26(3,4)16-23(28)25(21)22/h6-13,21H,5,14-16H2,1-4H3. The molecule has 2 aromatic carbocycles. The molecule has 1 heterocycles. The van der Waals surface area contributed by atoms with E-state index in [1.807, 2.05) is 62.4 Å². The molecule has 2 aromatic rings. The molecule has 0 saturated carbocycles. The minimum atomic E-state index is -0.201. The zero-order valence-corrected chi connectivity index (χ0v) is 18.2. The minimum absolute atomic E-state index is 0.0451. The number of amides is 1. The molecule has 1 unspecified atom stereocenters. The van der Waals surface area contributed by atoms with Gasteiger partial charge in [0.1, 0.15) is 5.75 Å². The Morgan fingerprint density at radius 3 is 2.47 bits per heavy atom. The van der Waals surface area contributed by atoms with Crippen molar-refractivity contribution in [1.82, 2.24) is 0 Å². The van der Waals surface area contributed by atoms with Crippen molar-refractivity contribution in [2.75, 3.05) is 11.5 Å². The number of anilines is 1. The number of ether oxygens (including phenoxy) is 1. The lowest BCUT2D eigenvalue weighted by Gasteiger charge is -2.43. The predicted molar refractivity (Wildman–Crippen MR) is 119 cm³/mol. The maximum atomic E-state index is 13.4. The van der Waals surface area contributed by atoms with Crippen LogP contribution in [0.25, 0.3) is 0 Å². The SMILES string of the molecule is CCOc1ccc(C2CC(=O)N(c3cccc(C)c3)C3=C2C(=O)CC(C)(C)C3)cc1. The van der Waals surface area contributed by atoms with E-state index in [1.54, 1.807) is 4.90 Å². The molecular formula is C26H29NO3. The molecule has 4 nitrogen and oxygen atoms in total. The molecule has 1 aliphatic heterocycles. The van der Waals surface area contributed by atoms with Gasteiger partial charge in [-0.2, -0.15) is 0 Å². The number of ketones is 1. The van der Waals surface area contributed by atoms with Gasteiger partial charge in [-0.3, -0.25) is 14.5 Å². The monoisotopic (exact) mass is 403 g/mol. The summed E-state index contributed by atoms with van der Waals surface area (Å²) >= 11 is 0.